The van der Waals surface area contributed by atoms with Gasteiger partial charge < -0.3 is 21.1 Å². The third-order valence-corrected chi connectivity index (χ3v) is 3.87. The number of hydrogen-bond donors (Lipinski definition) is 3. The molecule has 0 unspecified atom stereocenters. The Balaban J connectivity index is 2.59. The number of thioether (sulfide) groups is 1. The van der Waals surface area contributed by atoms with E-state index in [4.69, 9.17) is 10.8 Å². The zero-order chi connectivity index (χ0) is 15.7. The second-order valence-corrected chi connectivity index (χ2v) is 5.71. The second kappa shape index (κ2) is 9.65. The molecular formula is C15H25N3O2S. The summed E-state index contributed by atoms with van der Waals surface area (Å²) in [4.78, 5) is 14.0. The van der Waals surface area contributed by atoms with Crippen LogP contribution in [0.5, 0.6) is 0 Å². The van der Waals surface area contributed by atoms with E-state index in [0.717, 1.165) is 23.7 Å². The number of benzene rings is 1. The zero-order valence-electron chi connectivity index (χ0n) is 12.7. The van der Waals surface area contributed by atoms with Gasteiger partial charge in [-0.2, -0.15) is 11.8 Å². The Bertz CT molecular complexity index is 425. The third-order valence-electron chi connectivity index (χ3n) is 3.22. The first-order valence-corrected chi connectivity index (χ1v) is 8.53. The van der Waals surface area contributed by atoms with E-state index in [1.54, 1.807) is 11.8 Å². The number of rotatable bonds is 9. The predicted octanol–water partition coefficient (Wildman–Crippen LogP) is 1.52. The molecule has 0 aliphatic rings. The number of aliphatic hydroxyl groups excluding tert-OH is 1. The van der Waals surface area contributed by atoms with Gasteiger partial charge in [-0.05, 0) is 49.6 Å². The third kappa shape index (κ3) is 5.95. The molecule has 1 rings (SSSR count). The van der Waals surface area contributed by atoms with Gasteiger partial charge in [-0.25, -0.2) is 0 Å². The van der Waals surface area contributed by atoms with E-state index in [9.17, 15) is 4.79 Å². The Morgan fingerprint density at radius 3 is 2.62 bits per heavy atom. The van der Waals surface area contributed by atoms with Crippen molar-refractivity contribution in [1.29, 1.82) is 0 Å². The molecule has 118 valence electrons. The van der Waals surface area contributed by atoms with Gasteiger partial charge >= 0.3 is 0 Å². The highest BCUT2D eigenvalue weighted by Gasteiger charge is 2.13. The van der Waals surface area contributed by atoms with Gasteiger partial charge in [0, 0.05) is 24.5 Å². The highest BCUT2D eigenvalue weighted by molar-refractivity contribution is 7.98. The fraction of sp³-hybridized carbons (Fsp3) is 0.533. The molecule has 21 heavy (non-hydrogen) atoms. The van der Waals surface area contributed by atoms with Crippen molar-refractivity contribution >= 4 is 29.0 Å². The minimum Gasteiger partial charge on any atom is -0.395 e. The van der Waals surface area contributed by atoms with Crippen molar-refractivity contribution in [2.24, 2.45) is 5.73 Å². The van der Waals surface area contributed by atoms with Gasteiger partial charge in [0.2, 0.25) is 5.91 Å². The SMILES string of the molecule is CCN(CCO)c1ccc(NC(=O)[C@H](N)CCSC)cc1. The molecule has 6 heteroatoms. The van der Waals surface area contributed by atoms with E-state index < -0.39 is 6.04 Å². The molecule has 1 amide bonds. The lowest BCUT2D eigenvalue weighted by molar-refractivity contribution is -0.117. The fourth-order valence-corrected chi connectivity index (χ4v) is 2.45. The Morgan fingerprint density at radius 2 is 2.10 bits per heavy atom. The zero-order valence-corrected chi connectivity index (χ0v) is 13.5. The lowest BCUT2D eigenvalue weighted by Gasteiger charge is -2.22. The molecule has 0 fully saturated rings. The van der Waals surface area contributed by atoms with Crippen molar-refractivity contribution in [2.75, 3.05) is 41.9 Å². The molecule has 0 aliphatic carbocycles. The standard InChI is InChI=1S/C15H25N3O2S/c1-3-18(9-10-19)13-6-4-12(5-7-13)17-15(20)14(16)8-11-21-2/h4-7,14,19H,3,8-11,16H2,1-2H3,(H,17,20)/t14-/m1/s1. The number of anilines is 2. The molecule has 0 aliphatic heterocycles. The number of nitrogens with two attached hydrogens (primary N) is 1. The maximum atomic E-state index is 11.9. The molecule has 0 bridgehead atoms. The van der Waals surface area contributed by atoms with Gasteiger partial charge in [0.15, 0.2) is 0 Å². The number of likely N-dealkylation sites (N-methyl/N-ethyl adjacent to an activating group) is 1. The largest absolute Gasteiger partial charge is 0.395 e. The van der Waals surface area contributed by atoms with Crippen molar-refractivity contribution in [3.05, 3.63) is 24.3 Å². The molecule has 1 aromatic carbocycles. The second-order valence-electron chi connectivity index (χ2n) is 4.73. The first kappa shape index (κ1) is 17.8. The summed E-state index contributed by atoms with van der Waals surface area (Å²) in [5, 5.41) is 11.8. The van der Waals surface area contributed by atoms with Crippen molar-refractivity contribution in [3.63, 3.8) is 0 Å². The number of carbonyl (C=O) groups excluding carboxylic acids is 1. The molecule has 1 atom stereocenters. The van der Waals surface area contributed by atoms with Crippen molar-refractivity contribution in [1.82, 2.24) is 0 Å². The number of amides is 1. The van der Waals surface area contributed by atoms with Gasteiger partial charge in [-0.15, -0.1) is 0 Å². The minimum absolute atomic E-state index is 0.122. The van der Waals surface area contributed by atoms with Crippen LogP contribution in [0.25, 0.3) is 0 Å². The van der Waals surface area contributed by atoms with Gasteiger partial charge in [0.25, 0.3) is 0 Å². The topological polar surface area (TPSA) is 78.6 Å². The minimum atomic E-state index is -0.473. The first-order chi connectivity index (χ1) is 10.1. The molecule has 0 aromatic heterocycles. The Hall–Kier alpha value is -1.24. The number of nitrogens with zero attached hydrogens (tertiary/aromatic N) is 1. The lowest BCUT2D eigenvalue weighted by atomic mass is 10.2. The van der Waals surface area contributed by atoms with Gasteiger partial charge in [0.1, 0.15) is 0 Å². The van der Waals surface area contributed by atoms with Crippen LogP contribution in [0, 0.1) is 0 Å². The molecule has 5 nitrogen and oxygen atoms in total. The van der Waals surface area contributed by atoms with E-state index >= 15 is 0 Å². The van der Waals surface area contributed by atoms with Crippen LogP contribution in [0.1, 0.15) is 13.3 Å². The van der Waals surface area contributed by atoms with Gasteiger partial charge in [-0.1, -0.05) is 0 Å². The Labute approximate surface area is 130 Å². The smallest absolute Gasteiger partial charge is 0.241 e. The average molecular weight is 311 g/mol. The quantitative estimate of drug-likeness (QED) is 0.644. The average Bonchev–Trinajstić information content (AvgIpc) is 2.51. The van der Waals surface area contributed by atoms with E-state index in [2.05, 4.69) is 10.2 Å². The van der Waals surface area contributed by atoms with E-state index in [-0.39, 0.29) is 12.5 Å². The molecule has 0 saturated heterocycles. The molecule has 0 saturated carbocycles. The fourth-order valence-electron chi connectivity index (χ4n) is 1.96. The van der Waals surface area contributed by atoms with Crippen LogP contribution >= 0.6 is 11.8 Å². The van der Waals surface area contributed by atoms with E-state index in [1.165, 1.54) is 0 Å². The number of nitrogens with one attached hydrogen (secondary N) is 1. The van der Waals surface area contributed by atoms with Crippen LogP contribution in [0.4, 0.5) is 11.4 Å². The van der Waals surface area contributed by atoms with Crippen molar-refractivity contribution in [2.45, 2.75) is 19.4 Å². The predicted molar refractivity (Wildman–Crippen MR) is 91.0 cm³/mol. The normalized spacial score (nSPS) is 12.0. The summed E-state index contributed by atoms with van der Waals surface area (Å²) in [7, 11) is 0. The summed E-state index contributed by atoms with van der Waals surface area (Å²) >= 11 is 1.68. The maximum absolute atomic E-state index is 11.9. The highest BCUT2D eigenvalue weighted by atomic mass is 32.2. The van der Waals surface area contributed by atoms with Gasteiger partial charge in [-0.3, -0.25) is 4.79 Å². The number of aliphatic hydroxyl groups is 1. The highest BCUT2D eigenvalue weighted by Crippen LogP contribution is 2.18. The van der Waals surface area contributed by atoms with Crippen LogP contribution in [0.3, 0.4) is 0 Å². The maximum Gasteiger partial charge on any atom is 0.241 e. The summed E-state index contributed by atoms with van der Waals surface area (Å²) in [5.41, 5.74) is 7.59. The molecule has 4 N–H and O–H groups in total. The molecule has 0 spiro atoms. The number of carbonyl (C=O) groups is 1. The van der Waals surface area contributed by atoms with Crippen LogP contribution in [0.15, 0.2) is 24.3 Å². The summed E-state index contributed by atoms with van der Waals surface area (Å²) < 4.78 is 0. The summed E-state index contributed by atoms with van der Waals surface area (Å²) in [6.45, 7) is 3.58. The first-order valence-electron chi connectivity index (χ1n) is 7.13. The Kier molecular flexibility index (Phi) is 8.19. The van der Waals surface area contributed by atoms with Crippen LogP contribution in [-0.4, -0.2) is 48.8 Å². The summed E-state index contributed by atoms with van der Waals surface area (Å²) in [5.74, 6) is 0.722. The molecule has 1 aromatic rings. The van der Waals surface area contributed by atoms with Gasteiger partial charge in [0.05, 0.1) is 12.6 Å². The van der Waals surface area contributed by atoms with Crippen molar-refractivity contribution < 1.29 is 9.90 Å². The molecular weight excluding hydrogens is 286 g/mol. The number of hydrogen-bond acceptors (Lipinski definition) is 5. The molecule has 0 heterocycles. The van der Waals surface area contributed by atoms with Crippen LogP contribution < -0.4 is 16.0 Å². The summed E-state index contributed by atoms with van der Waals surface area (Å²) in [6.07, 6.45) is 2.67. The monoisotopic (exact) mass is 311 g/mol. The molecule has 0 radical (unpaired) electrons. The Morgan fingerprint density at radius 1 is 1.43 bits per heavy atom. The lowest BCUT2D eigenvalue weighted by Crippen LogP contribution is -2.36. The van der Waals surface area contributed by atoms with Crippen molar-refractivity contribution in [3.8, 4) is 0 Å². The summed E-state index contributed by atoms with van der Waals surface area (Å²) in [6, 6.07) is 7.10. The van der Waals surface area contributed by atoms with Crippen LogP contribution in [-0.2, 0) is 4.79 Å². The van der Waals surface area contributed by atoms with E-state index in [1.807, 2.05) is 37.4 Å². The van der Waals surface area contributed by atoms with E-state index in [0.29, 0.717) is 13.0 Å². The van der Waals surface area contributed by atoms with Crippen LogP contribution in [0.2, 0.25) is 0 Å².